The van der Waals surface area contributed by atoms with Crippen LogP contribution in [0.1, 0.15) is 182 Å². The van der Waals surface area contributed by atoms with Crippen LogP contribution in [-0.4, -0.2) is 177 Å². The zero-order chi connectivity index (χ0) is 92.3. The van der Waals surface area contributed by atoms with Crippen molar-refractivity contribution < 1.29 is 71.7 Å². The van der Waals surface area contributed by atoms with Gasteiger partial charge in [-0.2, -0.15) is 5.10 Å². The molecule has 4 spiro atoms. The summed E-state index contributed by atoms with van der Waals surface area (Å²) < 4.78 is 87.0. The average Bonchev–Trinajstić information content (AvgIpc) is 1.61. The van der Waals surface area contributed by atoms with Gasteiger partial charge in [-0.25, -0.2) is 8.42 Å². The third-order valence-corrected chi connectivity index (χ3v) is 28.2. The molecule has 2 atom stereocenters. The van der Waals surface area contributed by atoms with Crippen LogP contribution in [0.2, 0.25) is 5.02 Å². The van der Waals surface area contributed by atoms with Crippen LogP contribution in [0.3, 0.4) is 0 Å². The number of aryl methyl sites for hydroxylation is 2. The van der Waals surface area contributed by atoms with Crippen molar-refractivity contribution in [3.8, 4) is 74.3 Å². The van der Waals surface area contributed by atoms with Gasteiger partial charge in [0.15, 0.2) is 38.1 Å². The number of fused-ring (bicyclic) bond motifs is 18. The van der Waals surface area contributed by atoms with E-state index < -0.39 is 26.6 Å². The molecule has 26 nitrogen and oxygen atoms in total. The van der Waals surface area contributed by atoms with Crippen molar-refractivity contribution in [2.45, 2.75) is 177 Å². The lowest BCUT2D eigenvalue weighted by Crippen LogP contribution is -2.55. The van der Waals surface area contributed by atoms with E-state index in [0.717, 1.165) is 117 Å². The molecule has 688 valence electrons. The van der Waals surface area contributed by atoms with E-state index in [4.69, 9.17) is 54.2 Å². The Morgan fingerprint density at radius 3 is 1.67 bits per heavy atom. The smallest absolute Gasteiger partial charge is 0.254 e. The molecule has 132 heavy (non-hydrogen) atoms. The number of likely N-dealkylation sites (tertiary alicyclic amines) is 3. The van der Waals surface area contributed by atoms with Gasteiger partial charge in [-0.3, -0.25) is 33.6 Å². The number of nitrogens with zero attached hydrogens (tertiary/aromatic N) is 9. The summed E-state index contributed by atoms with van der Waals surface area (Å²) in [6, 6.07) is 61.5. The molecule has 7 aromatic carbocycles. The van der Waals surface area contributed by atoms with Gasteiger partial charge < -0.3 is 75.9 Å². The van der Waals surface area contributed by atoms with Crippen molar-refractivity contribution in [3.05, 3.63) is 290 Å². The van der Waals surface area contributed by atoms with Crippen LogP contribution in [-0.2, 0) is 49.9 Å². The van der Waals surface area contributed by atoms with Gasteiger partial charge in [0.2, 0.25) is 0 Å². The van der Waals surface area contributed by atoms with Crippen molar-refractivity contribution in [3.63, 3.8) is 0 Å². The summed E-state index contributed by atoms with van der Waals surface area (Å²) in [5, 5.41) is 8.32. The van der Waals surface area contributed by atoms with Gasteiger partial charge in [-0.1, -0.05) is 61.0 Å². The summed E-state index contributed by atoms with van der Waals surface area (Å²) in [5.41, 5.74) is 10.7. The maximum absolute atomic E-state index is 13.6. The monoisotopic (exact) mass is 1820 g/mol. The van der Waals surface area contributed by atoms with Crippen LogP contribution in [0.25, 0.3) is 28.3 Å². The van der Waals surface area contributed by atoms with Crippen LogP contribution in [0.5, 0.6) is 46.0 Å². The molecular weight excluding hydrogens is 1710 g/mol. The van der Waals surface area contributed by atoms with Gasteiger partial charge in [0.1, 0.15) is 50.7 Å². The van der Waals surface area contributed by atoms with E-state index in [2.05, 4.69) is 67.7 Å². The fourth-order valence-corrected chi connectivity index (χ4v) is 21.5. The number of carbonyl (C=O) groups excluding carboxylic acids is 4. The number of sulfone groups is 1. The summed E-state index contributed by atoms with van der Waals surface area (Å²) in [4.78, 5) is 73.3. The zero-order valence-corrected chi connectivity index (χ0v) is 77.9. The number of halogens is 1. The number of para-hydroxylation sites is 5. The minimum absolute atomic E-state index is 0. The molecular formula is C104H113ClN10O16S. The largest absolute Gasteiger partial charge is 0.496 e. The standard InChI is InChI=1S/C27H30N2O5S.C27H28N2O3.C26H29N3O4.C24H24ClN3O4.H2/c1-18(2)33-22-10-9-20(17-19(22)3)26(30)28-15-13-27(14-16-28)24-11-12-25(35(4,31)32)29(24)21-7-5-6-8-23(21)34-27;1-3-18-10-11-19(15-24(18)31-2)26(30)29-20-12-13-21(29)17-27(16-20)25-9-6-14-28(25)22-7-4-5-8-23(22)32-27;1-25(2,3)32-21-10-9-17(15-22(21)31-4)24(30)29-13-11-26(12-14-29)19-16-27-28-23(19)18-7-5-6-8-20(18)33-26;1-31-14-13-26-10-6-17(15-22(26)29)23(30)27-11-7-24(8-12-27)21-3-2-9-28(21)19-5-4-18(25)16-20(19)32-24;/h5-12,17-18H,13-16H2,1-4H3;4-11,14-15,20-21H,3,12-13,16-17H2,1-2H3;5-10,15-16H,11-14H2,1-4H3,(H,27,28);2-6,9-10,15-16H,7-8,11-14H2,1H3;1H. The van der Waals surface area contributed by atoms with E-state index in [0.29, 0.717) is 135 Å². The Labute approximate surface area is 775 Å². The first-order chi connectivity index (χ1) is 63.5. The first-order valence-electron chi connectivity index (χ1n) is 45.4. The quantitative estimate of drug-likeness (QED) is 0.106. The summed E-state index contributed by atoms with van der Waals surface area (Å²) >= 11 is 6.21. The van der Waals surface area contributed by atoms with Gasteiger partial charge in [0.25, 0.3) is 29.2 Å². The number of ether oxygens (including phenoxy) is 9. The molecule has 0 radical (unpaired) electrons. The summed E-state index contributed by atoms with van der Waals surface area (Å²) in [7, 11) is 1.41. The number of benzene rings is 7. The van der Waals surface area contributed by atoms with E-state index in [1.807, 2.05) is 202 Å². The number of aromatic nitrogens is 6. The molecule has 12 aromatic rings. The maximum Gasteiger partial charge on any atom is 0.254 e. The number of pyridine rings is 1. The molecule has 5 fully saturated rings. The Morgan fingerprint density at radius 1 is 0.545 bits per heavy atom. The average molecular weight is 1830 g/mol. The fourth-order valence-electron chi connectivity index (χ4n) is 20.5. The van der Waals surface area contributed by atoms with E-state index in [9.17, 15) is 32.4 Å². The number of carbonyl (C=O) groups is 4. The minimum Gasteiger partial charge on any atom is -0.496 e. The second kappa shape index (κ2) is 36.0. The number of aromatic amines is 1. The Hall–Kier alpha value is -13.0. The molecule has 5 saturated heterocycles. The number of amides is 4. The lowest BCUT2D eigenvalue weighted by Gasteiger charge is -2.48. The topological polar surface area (TPSA) is 264 Å². The zero-order valence-electron chi connectivity index (χ0n) is 76.3. The normalized spacial score (nSPS) is 18.6. The molecule has 4 amide bonds. The van der Waals surface area contributed by atoms with Crippen molar-refractivity contribution in [2.75, 3.05) is 73.5 Å². The molecule has 21 rings (SSSR count). The number of methoxy groups -OCH3 is 3. The van der Waals surface area contributed by atoms with Crippen molar-refractivity contribution in [1.29, 1.82) is 0 Å². The van der Waals surface area contributed by atoms with Crippen LogP contribution in [0.15, 0.2) is 229 Å². The predicted octanol–water partition coefficient (Wildman–Crippen LogP) is 18.1. The molecule has 5 aromatic heterocycles. The molecule has 9 aliphatic heterocycles. The fraction of sp³-hybridized carbons (Fsp3) is 0.365. The highest BCUT2D eigenvalue weighted by atomic mass is 35.5. The molecule has 9 aliphatic rings. The number of piperidine rings is 4. The van der Waals surface area contributed by atoms with E-state index in [1.54, 1.807) is 56.7 Å². The van der Waals surface area contributed by atoms with E-state index >= 15 is 0 Å². The third-order valence-electron chi connectivity index (χ3n) is 26.9. The number of hydrogen-bond acceptors (Lipinski definition) is 17. The molecule has 0 saturated carbocycles. The van der Waals surface area contributed by atoms with Crippen molar-refractivity contribution in [2.24, 2.45) is 0 Å². The number of nitrogens with one attached hydrogen (secondary N) is 1. The highest BCUT2D eigenvalue weighted by Gasteiger charge is 2.56. The van der Waals surface area contributed by atoms with Crippen LogP contribution in [0, 0.1) is 6.92 Å². The van der Waals surface area contributed by atoms with Crippen molar-refractivity contribution in [1.82, 2.24) is 48.1 Å². The van der Waals surface area contributed by atoms with Gasteiger partial charge >= 0.3 is 0 Å². The Bertz CT molecular complexity index is 6570. The lowest BCUT2D eigenvalue weighted by atomic mass is 9.81. The summed E-state index contributed by atoms with van der Waals surface area (Å²) in [6.07, 6.45) is 17.3. The molecule has 14 heterocycles. The number of hydrogen-bond donors (Lipinski definition) is 1. The Morgan fingerprint density at radius 2 is 1.07 bits per heavy atom. The lowest BCUT2D eigenvalue weighted by molar-refractivity contribution is -0.0370. The molecule has 28 heteroatoms. The van der Waals surface area contributed by atoms with Crippen LogP contribution >= 0.6 is 11.6 Å². The van der Waals surface area contributed by atoms with Gasteiger partial charge in [0, 0.05) is 193 Å². The molecule has 2 unspecified atom stereocenters. The van der Waals surface area contributed by atoms with Crippen LogP contribution < -0.4 is 43.5 Å². The highest BCUT2D eigenvalue weighted by molar-refractivity contribution is 7.90. The second-order valence-electron chi connectivity index (χ2n) is 36.7. The maximum atomic E-state index is 13.6. The third kappa shape index (κ3) is 17.0. The van der Waals surface area contributed by atoms with Gasteiger partial charge in [0.05, 0.1) is 73.0 Å². The molecule has 1 N–H and O–H groups in total. The number of rotatable bonds is 14. The van der Waals surface area contributed by atoms with Crippen molar-refractivity contribution >= 4 is 45.1 Å². The highest BCUT2D eigenvalue weighted by Crippen LogP contribution is 2.55. The minimum atomic E-state index is -3.44. The summed E-state index contributed by atoms with van der Waals surface area (Å²) in [5.74, 6) is 5.87. The van der Waals surface area contributed by atoms with Gasteiger partial charge in [-0.05, 0) is 211 Å². The molecule has 2 bridgehead atoms. The van der Waals surface area contributed by atoms with Crippen LogP contribution in [0.4, 0.5) is 0 Å². The Balaban J connectivity index is 0.000000123. The predicted molar refractivity (Wildman–Crippen MR) is 504 cm³/mol. The van der Waals surface area contributed by atoms with Gasteiger partial charge in [-0.15, -0.1) is 0 Å². The first-order valence-corrected chi connectivity index (χ1v) is 47.7. The summed E-state index contributed by atoms with van der Waals surface area (Å²) in [6.45, 7) is 18.1. The first kappa shape index (κ1) is 89.6. The Kier molecular flexibility index (Phi) is 24.4. The second-order valence-corrected chi connectivity index (χ2v) is 39.1. The van der Waals surface area contributed by atoms with E-state index in [1.165, 1.54) is 22.6 Å². The SMILES string of the molecule is CCc1ccc(C(=O)N2C3CCC2CC2(C3)Oc3ccccc3-n3cccc32)cc1OC.COCCn1ccc(C(=O)N2CCC3(CC2)Oc2cc(Cl)ccc2-n2cccc23)cc1=O.COc1cc(C(=O)N2CCC3(CC2)Oc2ccccc2-c2[nH]ncc23)ccc1OC(C)(C)C.Cc1cc(C(=O)N2CCC3(CC2)Oc2ccccc2-n2c3ccc2S(C)(=O)=O)ccc1OC(C)C.[HH]. The molecule has 0 aliphatic carbocycles. The number of H-pyrrole nitrogens is 1. The van der Waals surface area contributed by atoms with E-state index in [-0.39, 0.29) is 65.0 Å².